The Morgan fingerprint density at radius 3 is 2.50 bits per heavy atom. The molecule has 114 valence electrons. The highest BCUT2D eigenvalue weighted by Gasteiger charge is 2.31. The van der Waals surface area contributed by atoms with Gasteiger partial charge in [0.25, 0.3) is 0 Å². The van der Waals surface area contributed by atoms with Gasteiger partial charge < -0.3 is 10.7 Å². The molecule has 1 rings (SSSR count). The maximum atomic E-state index is 12.7. The summed E-state index contributed by atoms with van der Waals surface area (Å²) in [6.07, 6.45) is 0.669. The topological polar surface area (TPSA) is 63.0 Å². The second-order valence-electron chi connectivity index (χ2n) is 4.25. The van der Waals surface area contributed by atoms with Gasteiger partial charge in [-0.2, -0.15) is 24.9 Å². The first kappa shape index (κ1) is 16.9. The van der Waals surface area contributed by atoms with Gasteiger partial charge in [0.15, 0.2) is 0 Å². The summed E-state index contributed by atoms with van der Waals surface area (Å²) in [6.45, 7) is 0.590. The molecule has 1 aromatic heterocycles. The largest absolute Gasteiger partial charge is 0.416 e. The molecule has 4 N–H and O–H groups in total. The normalized spacial score (nSPS) is 11.4. The zero-order chi connectivity index (χ0) is 15.0. The molecule has 0 fully saturated rings. The van der Waals surface area contributed by atoms with Crippen LogP contribution in [0.5, 0.6) is 0 Å². The SMILES string of the molecule is CSCCCCCNc1cc(C(F)(F)F)cc(NN)n1. The average molecular weight is 308 g/mol. The van der Waals surface area contributed by atoms with Crippen LogP contribution in [0.4, 0.5) is 24.8 Å². The Bertz CT molecular complexity index is 412. The quantitative estimate of drug-likeness (QED) is 0.390. The fraction of sp³-hybridized carbons (Fsp3) is 0.583. The third kappa shape index (κ3) is 5.87. The molecule has 0 atom stereocenters. The minimum absolute atomic E-state index is 0.00953. The van der Waals surface area contributed by atoms with Crippen LogP contribution in [0, 0.1) is 0 Å². The molecule has 0 spiro atoms. The highest BCUT2D eigenvalue weighted by atomic mass is 32.2. The number of hydrogen-bond donors (Lipinski definition) is 3. The lowest BCUT2D eigenvalue weighted by molar-refractivity contribution is -0.137. The standard InChI is InChI=1S/C12H19F3N4S/c1-20-6-4-2-3-5-17-10-7-9(12(13,14)15)8-11(18-10)19-16/h7-8H,2-6,16H2,1H3,(H2,17,18,19). The first-order valence-corrected chi connectivity index (χ1v) is 7.65. The number of nitrogens with one attached hydrogen (secondary N) is 2. The zero-order valence-corrected chi connectivity index (χ0v) is 12.1. The number of aromatic nitrogens is 1. The van der Waals surface area contributed by atoms with Crippen LogP contribution in [-0.4, -0.2) is 23.5 Å². The summed E-state index contributed by atoms with van der Waals surface area (Å²) < 4.78 is 38.1. The number of pyridine rings is 1. The predicted molar refractivity (Wildman–Crippen MR) is 77.8 cm³/mol. The molecule has 0 bridgehead atoms. The van der Waals surface area contributed by atoms with Crippen molar-refractivity contribution in [2.24, 2.45) is 5.84 Å². The number of anilines is 2. The number of rotatable bonds is 8. The Balaban J connectivity index is 2.56. The van der Waals surface area contributed by atoms with Gasteiger partial charge in [-0.25, -0.2) is 10.8 Å². The Morgan fingerprint density at radius 2 is 1.90 bits per heavy atom. The number of unbranched alkanes of at least 4 members (excludes halogenated alkanes) is 2. The third-order valence-corrected chi connectivity index (χ3v) is 3.33. The molecule has 0 saturated carbocycles. The van der Waals surface area contributed by atoms with Gasteiger partial charge in [0.05, 0.1) is 5.56 Å². The van der Waals surface area contributed by atoms with Crippen molar-refractivity contribution in [1.82, 2.24) is 4.98 Å². The number of thioether (sulfide) groups is 1. The van der Waals surface area contributed by atoms with Crippen molar-refractivity contribution in [2.75, 3.05) is 29.3 Å². The number of hydrazine groups is 1. The van der Waals surface area contributed by atoms with Crippen LogP contribution in [-0.2, 0) is 6.18 Å². The van der Waals surface area contributed by atoms with Gasteiger partial charge in [0.1, 0.15) is 11.6 Å². The van der Waals surface area contributed by atoms with Crippen molar-refractivity contribution >= 4 is 23.4 Å². The first-order valence-electron chi connectivity index (χ1n) is 6.26. The summed E-state index contributed by atoms with van der Waals surface area (Å²) in [5, 5.41) is 2.90. The lowest BCUT2D eigenvalue weighted by Gasteiger charge is -2.12. The lowest BCUT2D eigenvalue weighted by atomic mass is 10.2. The minimum Gasteiger partial charge on any atom is -0.370 e. The smallest absolute Gasteiger partial charge is 0.370 e. The highest BCUT2D eigenvalue weighted by molar-refractivity contribution is 7.98. The summed E-state index contributed by atoms with van der Waals surface area (Å²) in [4.78, 5) is 3.95. The number of halogens is 3. The van der Waals surface area contributed by atoms with E-state index in [1.807, 2.05) is 6.26 Å². The van der Waals surface area contributed by atoms with E-state index in [9.17, 15) is 13.2 Å². The summed E-state index contributed by atoms with van der Waals surface area (Å²) in [5.41, 5.74) is 1.37. The Labute approximate surface area is 120 Å². The molecule has 0 saturated heterocycles. The molecule has 1 heterocycles. The predicted octanol–water partition coefficient (Wildman–Crippen LogP) is 3.33. The molecule has 8 heteroatoms. The maximum Gasteiger partial charge on any atom is 0.416 e. The number of nitrogens with zero attached hydrogens (tertiary/aromatic N) is 1. The van der Waals surface area contributed by atoms with Crippen LogP contribution in [0.3, 0.4) is 0 Å². The molecule has 0 aromatic carbocycles. The van der Waals surface area contributed by atoms with E-state index in [0.29, 0.717) is 6.54 Å². The van der Waals surface area contributed by atoms with Crippen LogP contribution >= 0.6 is 11.8 Å². The van der Waals surface area contributed by atoms with Gasteiger partial charge in [-0.15, -0.1) is 0 Å². The number of alkyl halides is 3. The fourth-order valence-electron chi connectivity index (χ4n) is 1.62. The van der Waals surface area contributed by atoms with Crippen molar-refractivity contribution in [3.05, 3.63) is 17.7 Å². The molecule has 0 unspecified atom stereocenters. The van der Waals surface area contributed by atoms with Gasteiger partial charge in [-0.1, -0.05) is 6.42 Å². The van der Waals surface area contributed by atoms with Crippen molar-refractivity contribution in [3.63, 3.8) is 0 Å². The Kier molecular flexibility index (Phi) is 6.94. The van der Waals surface area contributed by atoms with E-state index in [1.54, 1.807) is 11.8 Å². The summed E-state index contributed by atoms with van der Waals surface area (Å²) in [5.74, 6) is 6.40. The molecule has 4 nitrogen and oxygen atoms in total. The summed E-state index contributed by atoms with van der Waals surface area (Å²) >= 11 is 1.79. The molecule has 1 aromatic rings. The number of hydrogen-bond acceptors (Lipinski definition) is 5. The van der Waals surface area contributed by atoms with Gasteiger partial charge in [-0.05, 0) is 37.0 Å². The lowest BCUT2D eigenvalue weighted by Crippen LogP contribution is -2.14. The van der Waals surface area contributed by atoms with E-state index in [2.05, 4.69) is 15.7 Å². The van der Waals surface area contributed by atoms with E-state index in [1.165, 1.54) is 0 Å². The van der Waals surface area contributed by atoms with Gasteiger partial charge in [0.2, 0.25) is 0 Å². The second kappa shape index (κ2) is 8.21. The molecular weight excluding hydrogens is 289 g/mol. The van der Waals surface area contributed by atoms with Crippen LogP contribution in [0.15, 0.2) is 12.1 Å². The van der Waals surface area contributed by atoms with Crippen LogP contribution < -0.4 is 16.6 Å². The minimum atomic E-state index is -4.41. The van der Waals surface area contributed by atoms with E-state index >= 15 is 0 Å². The molecule has 0 aliphatic heterocycles. The van der Waals surface area contributed by atoms with E-state index in [0.717, 1.165) is 37.1 Å². The first-order chi connectivity index (χ1) is 9.47. The zero-order valence-electron chi connectivity index (χ0n) is 11.3. The van der Waals surface area contributed by atoms with E-state index < -0.39 is 11.7 Å². The van der Waals surface area contributed by atoms with Gasteiger partial charge >= 0.3 is 6.18 Å². The Hall–Kier alpha value is -1.15. The van der Waals surface area contributed by atoms with E-state index in [-0.39, 0.29) is 11.6 Å². The van der Waals surface area contributed by atoms with Crippen molar-refractivity contribution in [2.45, 2.75) is 25.4 Å². The van der Waals surface area contributed by atoms with Crippen molar-refractivity contribution < 1.29 is 13.2 Å². The monoisotopic (exact) mass is 308 g/mol. The van der Waals surface area contributed by atoms with Crippen molar-refractivity contribution in [1.29, 1.82) is 0 Å². The second-order valence-corrected chi connectivity index (χ2v) is 5.23. The molecular formula is C12H19F3N4S. The summed E-state index contributed by atoms with van der Waals surface area (Å²) in [6, 6.07) is 1.87. The van der Waals surface area contributed by atoms with Gasteiger partial charge in [0, 0.05) is 6.54 Å². The molecule has 20 heavy (non-hydrogen) atoms. The van der Waals surface area contributed by atoms with Crippen molar-refractivity contribution in [3.8, 4) is 0 Å². The maximum absolute atomic E-state index is 12.7. The molecule has 0 aliphatic carbocycles. The summed E-state index contributed by atoms with van der Waals surface area (Å²) in [7, 11) is 0. The van der Waals surface area contributed by atoms with Crippen LogP contribution in [0.1, 0.15) is 24.8 Å². The molecule has 0 radical (unpaired) electrons. The number of nitrogens with two attached hydrogens (primary N) is 1. The third-order valence-electron chi connectivity index (χ3n) is 2.63. The average Bonchev–Trinajstić information content (AvgIpc) is 2.41. The Morgan fingerprint density at radius 1 is 1.20 bits per heavy atom. The fourth-order valence-corrected chi connectivity index (χ4v) is 2.12. The van der Waals surface area contributed by atoms with Gasteiger partial charge in [-0.3, -0.25) is 0 Å². The number of nitrogen functional groups attached to an aromatic ring is 1. The van der Waals surface area contributed by atoms with Crippen LogP contribution in [0.25, 0.3) is 0 Å². The van der Waals surface area contributed by atoms with E-state index in [4.69, 9.17) is 5.84 Å². The highest BCUT2D eigenvalue weighted by Crippen LogP contribution is 2.31. The molecule has 0 aliphatic rings. The molecule has 0 amide bonds. The van der Waals surface area contributed by atoms with Crippen LogP contribution in [0.2, 0.25) is 0 Å².